The number of fused-ring (bicyclic) bond motifs is 13. The van der Waals surface area contributed by atoms with E-state index in [0.29, 0.717) is 61.7 Å². The Morgan fingerprint density at radius 2 is 1.12 bits per heavy atom. The van der Waals surface area contributed by atoms with Crippen LogP contribution in [0, 0.1) is 18.5 Å². The molecule has 14 aromatic rings. The van der Waals surface area contributed by atoms with Crippen LogP contribution in [-0.2, 0) is 37.3 Å². The Balaban J connectivity index is 0.00000749. The normalized spacial score (nSPS) is 13.8. The third kappa shape index (κ3) is 9.12. The third-order valence-electron chi connectivity index (χ3n) is 16.5. The summed E-state index contributed by atoms with van der Waals surface area (Å²) in [6, 6.07) is 55.9. The minimum absolute atomic E-state index is 0. The third-order valence-corrected chi connectivity index (χ3v) is 16.5. The van der Waals surface area contributed by atoms with Gasteiger partial charge in [0.15, 0.2) is 0 Å². The van der Waals surface area contributed by atoms with Crippen molar-refractivity contribution < 1.29 is 45.8 Å². The Morgan fingerprint density at radius 1 is 0.482 bits per heavy atom. The standard InChI is InChI=1S/C78H62N4O2.Pt/c1-76(2,3)51-32-29-48(30-33-51)64-42-53(78(7,8)9)43-67-60-24-13-11-22-58(60)57-21-10-12-23-59(57)66-40-50(49-31-36-72-65(39-49)63-26-15-17-28-71(63)84-72)41-70-75(66)81(74(64)67)47-80(70)54-19-18-20-55(45-54)83-56-34-35-62-61-25-14-16-27-68(61)82(69(62)46-56)73-44-52(37-38-79-73)77(4,5)6;/h10-44H,1-9H3;/q-2;/i10D,11D,12D,13D,21D,22D,23D,24D;. The summed E-state index contributed by atoms with van der Waals surface area (Å²) in [6.07, 6.45) is 5.67. The van der Waals surface area contributed by atoms with Crippen molar-refractivity contribution in [3.8, 4) is 84.3 Å². The van der Waals surface area contributed by atoms with E-state index in [1.165, 1.54) is 0 Å². The van der Waals surface area contributed by atoms with Crippen molar-refractivity contribution in [1.82, 2.24) is 14.1 Å². The summed E-state index contributed by atoms with van der Waals surface area (Å²) in [5.41, 5.74) is 11.2. The van der Waals surface area contributed by atoms with E-state index in [0.717, 1.165) is 71.8 Å². The molecule has 15 rings (SSSR count). The van der Waals surface area contributed by atoms with E-state index in [9.17, 15) is 11.0 Å². The maximum Gasteiger partial charge on any atom is 0.268 e. The fourth-order valence-electron chi connectivity index (χ4n) is 12.0. The minimum atomic E-state index is -0.549. The molecule has 0 saturated heterocycles. The summed E-state index contributed by atoms with van der Waals surface area (Å²) in [6.45, 7) is 19.4. The topological polar surface area (TPSA) is 49.0 Å². The molecular formula is C78H62N4O2Pt-2. The molecule has 0 spiro atoms. The van der Waals surface area contributed by atoms with Crippen LogP contribution in [0.15, 0.2) is 217 Å². The van der Waals surface area contributed by atoms with Crippen LogP contribution in [0.5, 0.6) is 11.5 Å². The minimum Gasteiger partial charge on any atom is -0.510 e. The fraction of sp³-hybridized carbons (Fsp3) is 0.154. The fourth-order valence-corrected chi connectivity index (χ4v) is 12.0. The molecule has 6 nitrogen and oxygen atoms in total. The van der Waals surface area contributed by atoms with Crippen molar-refractivity contribution in [2.24, 2.45) is 0 Å². The summed E-state index contributed by atoms with van der Waals surface area (Å²) < 4.78 is 96.9. The second-order valence-electron chi connectivity index (χ2n) is 25.1. The number of rotatable bonds is 6. The number of furan rings is 1. The Labute approximate surface area is 522 Å². The number of hydrogen-bond acceptors (Lipinski definition) is 3. The van der Waals surface area contributed by atoms with E-state index in [4.69, 9.17) is 14.1 Å². The van der Waals surface area contributed by atoms with Gasteiger partial charge >= 0.3 is 0 Å². The van der Waals surface area contributed by atoms with Gasteiger partial charge in [-0.1, -0.05) is 201 Å². The van der Waals surface area contributed by atoms with Crippen LogP contribution in [0.25, 0.3) is 128 Å². The molecule has 418 valence electrons. The number of imidazole rings is 1. The van der Waals surface area contributed by atoms with Crippen LogP contribution in [0.4, 0.5) is 0 Å². The molecule has 0 fully saturated rings. The number of aromatic nitrogens is 4. The van der Waals surface area contributed by atoms with Crippen molar-refractivity contribution in [2.75, 3.05) is 0 Å². The van der Waals surface area contributed by atoms with Gasteiger partial charge in [0.25, 0.3) is 6.33 Å². The molecule has 0 radical (unpaired) electrons. The van der Waals surface area contributed by atoms with Crippen molar-refractivity contribution >= 4 is 54.8 Å². The van der Waals surface area contributed by atoms with Crippen LogP contribution >= 0.6 is 0 Å². The van der Waals surface area contributed by atoms with E-state index in [1.54, 1.807) is 0 Å². The van der Waals surface area contributed by atoms with Crippen LogP contribution in [0.1, 0.15) is 90.0 Å². The first-order valence-corrected chi connectivity index (χ1v) is 28.4. The zero-order valence-corrected chi connectivity index (χ0v) is 50.8. The molecule has 1 aliphatic rings. The molecule has 5 heterocycles. The molecule has 4 aromatic heterocycles. The van der Waals surface area contributed by atoms with Gasteiger partial charge < -0.3 is 18.3 Å². The SMILES string of the molecule is [2H]c1c([2H])c([2H])c2c(c1[2H])-c1cc(C(C)(C)C)cc(-c3ccc(C(C)(C)C)cc3)c1-[n+]1[c-]n(-c3[c-]c(Oc4[c-]c5c(cc4)c4ccccc4n5-c4cc(C(C)(C)C)ccn4)ccc3)c3cc(-c4ccc5oc6ccccc6c5c4)cc(c31)-c1c([2H])c([2H])c([2H])c([2H])c1-2.[Pt]. The van der Waals surface area contributed by atoms with Gasteiger partial charge in [0.05, 0.1) is 27.7 Å². The first-order chi connectivity index (χ1) is 43.8. The van der Waals surface area contributed by atoms with E-state index in [1.807, 2.05) is 112 Å². The number of benzene rings is 10. The van der Waals surface area contributed by atoms with Gasteiger partial charge in [0.2, 0.25) is 0 Å². The van der Waals surface area contributed by atoms with Gasteiger partial charge in [-0.05, 0) is 142 Å². The average Bonchev–Trinajstić information content (AvgIpc) is 1.61. The molecule has 0 bridgehead atoms. The predicted molar refractivity (Wildman–Crippen MR) is 344 cm³/mol. The van der Waals surface area contributed by atoms with Gasteiger partial charge in [-0.3, -0.25) is 4.57 Å². The van der Waals surface area contributed by atoms with Gasteiger partial charge in [-0.15, -0.1) is 29.7 Å². The summed E-state index contributed by atoms with van der Waals surface area (Å²) in [4.78, 5) is 4.90. The molecule has 7 heteroatoms. The molecule has 10 aromatic carbocycles. The molecule has 0 aliphatic carbocycles. The van der Waals surface area contributed by atoms with Crippen molar-refractivity contribution in [2.45, 2.75) is 78.6 Å². The Bertz CT molecular complexity index is 5490. The van der Waals surface area contributed by atoms with Gasteiger partial charge in [-0.25, -0.2) is 4.98 Å². The van der Waals surface area contributed by atoms with Gasteiger partial charge in [0.1, 0.15) is 17.0 Å². The summed E-state index contributed by atoms with van der Waals surface area (Å²) in [7, 11) is 0. The second kappa shape index (κ2) is 20.0. The van der Waals surface area contributed by atoms with E-state index < -0.39 is 41.7 Å². The molecule has 0 unspecified atom stereocenters. The van der Waals surface area contributed by atoms with E-state index >= 15 is 0 Å². The maximum absolute atomic E-state index is 10.1. The first kappa shape index (κ1) is 45.4. The molecule has 1 aliphatic heterocycles. The van der Waals surface area contributed by atoms with Crippen LogP contribution < -0.4 is 9.30 Å². The molecule has 0 amide bonds. The maximum atomic E-state index is 10.1. The summed E-state index contributed by atoms with van der Waals surface area (Å²) in [5, 5.41) is 3.82. The Morgan fingerprint density at radius 3 is 1.85 bits per heavy atom. The number of nitrogens with zero attached hydrogens (tertiary/aromatic N) is 4. The number of pyridine rings is 1. The largest absolute Gasteiger partial charge is 0.510 e. The average molecular weight is 1290 g/mol. The number of hydrogen-bond donors (Lipinski definition) is 0. The van der Waals surface area contributed by atoms with E-state index in [-0.39, 0.29) is 66.2 Å². The van der Waals surface area contributed by atoms with Crippen molar-refractivity contribution in [3.63, 3.8) is 0 Å². The summed E-state index contributed by atoms with van der Waals surface area (Å²) >= 11 is 0. The molecule has 0 saturated carbocycles. The van der Waals surface area contributed by atoms with Crippen molar-refractivity contribution in [3.05, 3.63) is 247 Å². The molecular weight excluding hydrogens is 1220 g/mol. The number of para-hydroxylation sites is 2. The smallest absolute Gasteiger partial charge is 0.268 e. The van der Waals surface area contributed by atoms with Crippen molar-refractivity contribution in [1.29, 1.82) is 0 Å². The van der Waals surface area contributed by atoms with Gasteiger partial charge in [-0.2, -0.15) is 18.2 Å². The second-order valence-corrected chi connectivity index (χ2v) is 25.1. The van der Waals surface area contributed by atoms with Crippen LogP contribution in [0.3, 0.4) is 0 Å². The predicted octanol–water partition coefficient (Wildman–Crippen LogP) is 20.0. The summed E-state index contributed by atoms with van der Waals surface area (Å²) in [5.74, 6) is 1.56. The Kier molecular flexibility index (Phi) is 10.7. The van der Waals surface area contributed by atoms with E-state index in [2.05, 4.69) is 146 Å². The van der Waals surface area contributed by atoms with Gasteiger partial charge in [0, 0.05) is 55.1 Å². The molecule has 0 N–H and O–H groups in total. The molecule has 0 atom stereocenters. The van der Waals surface area contributed by atoms with Crippen LogP contribution in [0.2, 0.25) is 0 Å². The zero-order valence-electron chi connectivity index (χ0n) is 56.5. The zero-order chi connectivity index (χ0) is 64.4. The first-order valence-electron chi connectivity index (χ1n) is 32.4. The number of ether oxygens (including phenoxy) is 1. The quantitative estimate of drug-likeness (QED) is 0.123. The van der Waals surface area contributed by atoms with Crippen LogP contribution in [-0.4, -0.2) is 14.1 Å². The molecule has 85 heavy (non-hydrogen) atoms. The Hall–Kier alpha value is -9.09. The monoisotopic (exact) mass is 1290 g/mol.